The second-order valence-electron chi connectivity index (χ2n) is 5.10. The molecule has 0 aliphatic carbocycles. The van der Waals surface area contributed by atoms with E-state index in [4.69, 9.17) is 4.74 Å². The number of carbonyl (C=O) groups excluding carboxylic acids is 3. The molecular weight excluding hydrogens is 325 g/mol. The third kappa shape index (κ3) is 6.39. The number of carbonyl (C=O) groups is 3. The molecule has 0 heterocycles. The van der Waals surface area contributed by atoms with Gasteiger partial charge in [0.1, 0.15) is 5.82 Å². The van der Waals surface area contributed by atoms with Crippen LogP contribution in [0.1, 0.15) is 11.1 Å². The molecule has 0 fully saturated rings. The van der Waals surface area contributed by atoms with E-state index >= 15 is 0 Å². The van der Waals surface area contributed by atoms with Crippen molar-refractivity contribution >= 4 is 23.9 Å². The summed E-state index contributed by atoms with van der Waals surface area (Å²) in [6.45, 7) is -0.596. The maximum atomic E-state index is 13.4. The number of amides is 2. The number of ether oxygens (including phenoxy) is 1. The third-order valence-corrected chi connectivity index (χ3v) is 3.14. The van der Waals surface area contributed by atoms with Crippen molar-refractivity contribution in [3.63, 3.8) is 0 Å². The third-order valence-electron chi connectivity index (χ3n) is 3.14. The molecule has 0 aromatic heterocycles. The molecule has 2 amide bonds. The predicted octanol–water partition coefficient (Wildman–Crippen LogP) is 2.27. The summed E-state index contributed by atoms with van der Waals surface area (Å²) in [5.74, 6) is -2.51. The predicted molar refractivity (Wildman–Crippen MR) is 89.7 cm³/mol. The van der Waals surface area contributed by atoms with E-state index in [1.54, 1.807) is 30.3 Å². The molecule has 0 saturated heterocycles. The summed E-state index contributed by atoms with van der Waals surface area (Å²) < 4.78 is 18.1. The molecule has 0 unspecified atom stereocenters. The van der Waals surface area contributed by atoms with E-state index < -0.39 is 30.2 Å². The molecule has 0 atom stereocenters. The largest absolute Gasteiger partial charge is 0.452 e. The fourth-order valence-corrected chi connectivity index (χ4v) is 1.97. The number of hydrogen-bond acceptors (Lipinski definition) is 4. The van der Waals surface area contributed by atoms with Crippen LogP contribution >= 0.6 is 0 Å². The Morgan fingerprint density at radius 1 is 0.960 bits per heavy atom. The van der Waals surface area contributed by atoms with Gasteiger partial charge in [0.2, 0.25) is 5.91 Å². The molecule has 2 aromatic rings. The number of nitrogens with one attached hydrogen (secondary N) is 1. The van der Waals surface area contributed by atoms with Crippen molar-refractivity contribution in [3.05, 3.63) is 77.6 Å². The average molecular weight is 341 g/mol. The lowest BCUT2D eigenvalue weighted by molar-refractivity contribution is -0.145. The minimum atomic E-state index is -0.811. The van der Waals surface area contributed by atoms with Crippen molar-refractivity contribution in [1.29, 1.82) is 0 Å². The molecular formula is C19H16FNO4. The summed E-state index contributed by atoms with van der Waals surface area (Å²) >= 11 is 0. The average Bonchev–Trinajstić information content (AvgIpc) is 2.60. The van der Waals surface area contributed by atoms with Gasteiger partial charge in [0, 0.05) is 11.6 Å². The first-order valence-electron chi connectivity index (χ1n) is 7.50. The number of esters is 1. The molecule has 6 heteroatoms. The van der Waals surface area contributed by atoms with Crippen molar-refractivity contribution in [2.24, 2.45) is 0 Å². The van der Waals surface area contributed by atoms with Crippen LogP contribution < -0.4 is 5.32 Å². The van der Waals surface area contributed by atoms with Gasteiger partial charge in [-0.05, 0) is 17.7 Å². The highest BCUT2D eigenvalue weighted by Crippen LogP contribution is 2.08. The summed E-state index contributed by atoms with van der Waals surface area (Å²) in [6, 6.07) is 14.8. The van der Waals surface area contributed by atoms with Gasteiger partial charge in [-0.1, -0.05) is 48.5 Å². The maximum Gasteiger partial charge on any atom is 0.331 e. The maximum absolute atomic E-state index is 13.4. The molecule has 25 heavy (non-hydrogen) atoms. The highest BCUT2D eigenvalue weighted by atomic mass is 19.1. The monoisotopic (exact) mass is 341 g/mol. The Bertz CT molecular complexity index is 787. The lowest BCUT2D eigenvalue weighted by Gasteiger charge is -2.04. The minimum Gasteiger partial charge on any atom is -0.452 e. The Kier molecular flexibility index (Phi) is 6.59. The quantitative estimate of drug-likeness (QED) is 0.646. The SMILES string of the molecule is O=C(COC(=O)/C=C/c1ccccc1F)NC(=O)Cc1ccccc1. The van der Waals surface area contributed by atoms with Gasteiger partial charge in [-0.15, -0.1) is 0 Å². The van der Waals surface area contributed by atoms with Gasteiger partial charge in [-0.25, -0.2) is 9.18 Å². The molecule has 0 bridgehead atoms. The fourth-order valence-electron chi connectivity index (χ4n) is 1.97. The van der Waals surface area contributed by atoms with Gasteiger partial charge in [-0.2, -0.15) is 0 Å². The van der Waals surface area contributed by atoms with Gasteiger partial charge in [0.15, 0.2) is 6.61 Å². The van der Waals surface area contributed by atoms with Crippen LogP contribution in [-0.2, 0) is 25.5 Å². The van der Waals surface area contributed by atoms with E-state index in [2.05, 4.69) is 5.32 Å². The van der Waals surface area contributed by atoms with Crippen LogP contribution in [0.25, 0.3) is 6.08 Å². The van der Waals surface area contributed by atoms with E-state index in [0.29, 0.717) is 0 Å². The highest BCUT2D eigenvalue weighted by Gasteiger charge is 2.10. The molecule has 128 valence electrons. The minimum absolute atomic E-state index is 0.0493. The van der Waals surface area contributed by atoms with Crippen molar-refractivity contribution in [3.8, 4) is 0 Å². The lowest BCUT2D eigenvalue weighted by Crippen LogP contribution is -2.35. The molecule has 0 aliphatic heterocycles. The van der Waals surface area contributed by atoms with E-state index in [1.165, 1.54) is 24.3 Å². The first kappa shape index (κ1) is 18.1. The summed E-state index contributed by atoms with van der Waals surface area (Å²) in [6.07, 6.45) is 2.31. The number of hydrogen-bond donors (Lipinski definition) is 1. The smallest absolute Gasteiger partial charge is 0.331 e. The summed E-state index contributed by atoms with van der Waals surface area (Å²) in [5, 5.41) is 2.13. The summed E-state index contributed by atoms with van der Waals surface area (Å²) in [7, 11) is 0. The van der Waals surface area contributed by atoms with Crippen LogP contribution in [0.15, 0.2) is 60.7 Å². The van der Waals surface area contributed by atoms with E-state index in [9.17, 15) is 18.8 Å². The lowest BCUT2D eigenvalue weighted by atomic mass is 10.1. The molecule has 2 rings (SSSR count). The zero-order chi connectivity index (χ0) is 18.1. The number of halogens is 1. The summed E-state index contributed by atoms with van der Waals surface area (Å²) in [4.78, 5) is 34.8. The Labute approximate surface area is 144 Å². The van der Waals surface area contributed by atoms with Crippen molar-refractivity contribution in [2.45, 2.75) is 6.42 Å². The van der Waals surface area contributed by atoms with Gasteiger partial charge >= 0.3 is 5.97 Å². The van der Waals surface area contributed by atoms with Crippen molar-refractivity contribution in [1.82, 2.24) is 5.32 Å². The molecule has 0 aliphatic rings. The Hall–Kier alpha value is -3.28. The molecule has 0 spiro atoms. The first-order chi connectivity index (χ1) is 12.0. The standard InChI is InChI=1S/C19H16FNO4/c20-16-9-5-4-8-15(16)10-11-19(24)25-13-18(23)21-17(22)12-14-6-2-1-3-7-14/h1-11H,12-13H2,(H,21,22,23)/b11-10+. The van der Waals surface area contributed by atoms with Crippen molar-refractivity contribution in [2.75, 3.05) is 6.61 Å². The second-order valence-corrected chi connectivity index (χ2v) is 5.10. The topological polar surface area (TPSA) is 72.5 Å². The van der Waals surface area contributed by atoms with Gasteiger partial charge in [0.25, 0.3) is 5.91 Å². The first-order valence-corrected chi connectivity index (χ1v) is 7.50. The fraction of sp³-hybridized carbons (Fsp3) is 0.105. The van der Waals surface area contributed by atoms with E-state index in [0.717, 1.165) is 11.6 Å². The van der Waals surface area contributed by atoms with E-state index in [-0.39, 0.29) is 12.0 Å². The van der Waals surface area contributed by atoms with Gasteiger partial charge in [-0.3, -0.25) is 14.9 Å². The van der Waals surface area contributed by atoms with Gasteiger partial charge in [0.05, 0.1) is 6.42 Å². The van der Waals surface area contributed by atoms with Crippen molar-refractivity contribution < 1.29 is 23.5 Å². The van der Waals surface area contributed by atoms with Crippen LogP contribution in [0.2, 0.25) is 0 Å². The highest BCUT2D eigenvalue weighted by molar-refractivity contribution is 5.97. The normalized spacial score (nSPS) is 10.4. The number of rotatable bonds is 6. The summed E-state index contributed by atoms with van der Waals surface area (Å²) in [5.41, 5.74) is 0.986. The zero-order valence-corrected chi connectivity index (χ0v) is 13.3. The van der Waals surface area contributed by atoms with Crippen LogP contribution in [-0.4, -0.2) is 24.4 Å². The number of imide groups is 1. The molecule has 2 aromatic carbocycles. The van der Waals surface area contributed by atoms with Crippen LogP contribution in [0, 0.1) is 5.82 Å². The Morgan fingerprint density at radius 2 is 1.64 bits per heavy atom. The number of benzene rings is 2. The van der Waals surface area contributed by atoms with Crippen LogP contribution in [0.3, 0.4) is 0 Å². The molecule has 0 radical (unpaired) electrons. The molecule has 1 N–H and O–H groups in total. The molecule has 0 saturated carbocycles. The Balaban J connectivity index is 1.75. The second kappa shape index (κ2) is 9.12. The Morgan fingerprint density at radius 3 is 2.36 bits per heavy atom. The van der Waals surface area contributed by atoms with Crippen LogP contribution in [0.4, 0.5) is 4.39 Å². The molecule has 5 nitrogen and oxygen atoms in total. The van der Waals surface area contributed by atoms with Crippen LogP contribution in [0.5, 0.6) is 0 Å². The zero-order valence-electron chi connectivity index (χ0n) is 13.3. The van der Waals surface area contributed by atoms with E-state index in [1.807, 2.05) is 6.07 Å². The van der Waals surface area contributed by atoms with Gasteiger partial charge < -0.3 is 4.74 Å².